The van der Waals surface area contributed by atoms with Crippen molar-refractivity contribution in [3.05, 3.63) is 72.1 Å². The van der Waals surface area contributed by atoms with Gasteiger partial charge in [-0.3, -0.25) is 4.40 Å². The molecule has 2 aromatic carbocycles. The summed E-state index contributed by atoms with van der Waals surface area (Å²) < 4.78 is 12.6. The number of benzene rings is 2. The lowest BCUT2D eigenvalue weighted by Gasteiger charge is -2.09. The first kappa shape index (κ1) is 17.9. The highest BCUT2D eigenvalue weighted by atomic mass is 16.5. The van der Waals surface area contributed by atoms with Gasteiger partial charge in [0.25, 0.3) is 0 Å². The Morgan fingerprint density at radius 2 is 1.75 bits per heavy atom. The Balaban J connectivity index is 1.41. The smallest absolute Gasteiger partial charge is 0.207 e. The summed E-state index contributed by atoms with van der Waals surface area (Å²) in [5.74, 6) is 1.20. The fourth-order valence-corrected chi connectivity index (χ4v) is 2.91. The first-order chi connectivity index (χ1) is 13.7. The number of hydrogen-bond donors (Lipinski definition) is 1. The zero-order valence-corrected chi connectivity index (χ0v) is 15.6. The summed E-state index contributed by atoms with van der Waals surface area (Å²) in [6, 6.07) is 18.0. The van der Waals surface area contributed by atoms with Crippen molar-refractivity contribution >= 4 is 11.6 Å². The highest BCUT2D eigenvalue weighted by Crippen LogP contribution is 2.21. The molecule has 0 saturated heterocycles. The SMILES string of the molecule is COCCc1ccc(OCc2ccc(-c3cc4nncn4c(N)n3)cc2)cc1. The van der Waals surface area contributed by atoms with Crippen LogP contribution in [0.4, 0.5) is 5.95 Å². The molecule has 7 nitrogen and oxygen atoms in total. The average Bonchev–Trinajstić information content (AvgIpc) is 3.21. The van der Waals surface area contributed by atoms with Crippen molar-refractivity contribution in [3.8, 4) is 17.0 Å². The molecule has 0 aliphatic carbocycles. The zero-order valence-electron chi connectivity index (χ0n) is 15.6. The van der Waals surface area contributed by atoms with Crippen molar-refractivity contribution in [1.82, 2.24) is 19.6 Å². The molecule has 4 rings (SSSR count). The Morgan fingerprint density at radius 3 is 2.50 bits per heavy atom. The number of anilines is 1. The maximum absolute atomic E-state index is 5.96. The summed E-state index contributed by atoms with van der Waals surface area (Å²) in [5, 5.41) is 7.89. The van der Waals surface area contributed by atoms with E-state index in [4.69, 9.17) is 15.2 Å². The third kappa shape index (κ3) is 3.94. The number of ether oxygens (including phenoxy) is 2. The van der Waals surface area contributed by atoms with Gasteiger partial charge in [0, 0.05) is 18.7 Å². The van der Waals surface area contributed by atoms with E-state index in [0.29, 0.717) is 18.2 Å². The monoisotopic (exact) mass is 375 g/mol. The predicted octanol–water partition coefficient (Wildman–Crippen LogP) is 3.14. The van der Waals surface area contributed by atoms with E-state index in [2.05, 4.69) is 27.3 Å². The van der Waals surface area contributed by atoms with Crippen molar-refractivity contribution in [3.63, 3.8) is 0 Å². The Morgan fingerprint density at radius 1 is 1.00 bits per heavy atom. The topological polar surface area (TPSA) is 87.6 Å². The summed E-state index contributed by atoms with van der Waals surface area (Å²) in [6.45, 7) is 1.22. The van der Waals surface area contributed by atoms with Crippen LogP contribution in [-0.2, 0) is 17.8 Å². The van der Waals surface area contributed by atoms with Crippen LogP contribution in [0.1, 0.15) is 11.1 Å². The average molecular weight is 375 g/mol. The summed E-state index contributed by atoms with van der Waals surface area (Å²) in [7, 11) is 1.71. The molecule has 0 aliphatic rings. The maximum atomic E-state index is 5.96. The van der Waals surface area contributed by atoms with Gasteiger partial charge in [0.15, 0.2) is 5.65 Å². The summed E-state index contributed by atoms with van der Waals surface area (Å²) in [6.07, 6.45) is 2.45. The molecule has 0 radical (unpaired) electrons. The van der Waals surface area contributed by atoms with E-state index in [0.717, 1.165) is 35.6 Å². The number of nitrogens with two attached hydrogens (primary N) is 1. The largest absolute Gasteiger partial charge is 0.489 e. The van der Waals surface area contributed by atoms with Gasteiger partial charge in [-0.2, -0.15) is 0 Å². The second kappa shape index (κ2) is 8.06. The van der Waals surface area contributed by atoms with Crippen molar-refractivity contribution in [2.45, 2.75) is 13.0 Å². The zero-order chi connectivity index (χ0) is 19.3. The van der Waals surface area contributed by atoms with Crippen molar-refractivity contribution in [2.75, 3.05) is 19.5 Å². The van der Waals surface area contributed by atoms with Gasteiger partial charge < -0.3 is 15.2 Å². The Hall–Kier alpha value is -3.45. The molecule has 142 valence electrons. The molecule has 0 fully saturated rings. The quantitative estimate of drug-likeness (QED) is 0.534. The molecule has 0 atom stereocenters. The fourth-order valence-electron chi connectivity index (χ4n) is 2.91. The van der Waals surface area contributed by atoms with Crippen molar-refractivity contribution < 1.29 is 9.47 Å². The van der Waals surface area contributed by atoms with Gasteiger partial charge >= 0.3 is 0 Å². The highest BCUT2D eigenvalue weighted by Gasteiger charge is 2.07. The highest BCUT2D eigenvalue weighted by molar-refractivity contribution is 5.65. The number of nitrogen functional groups attached to an aromatic ring is 1. The van der Waals surface area contributed by atoms with E-state index in [9.17, 15) is 0 Å². The molecule has 2 aromatic heterocycles. The number of aromatic nitrogens is 4. The van der Waals surface area contributed by atoms with Crippen LogP contribution in [0.15, 0.2) is 60.9 Å². The molecule has 0 saturated carbocycles. The molecule has 2 N–H and O–H groups in total. The first-order valence-corrected chi connectivity index (χ1v) is 8.99. The van der Waals surface area contributed by atoms with Crippen LogP contribution in [0.5, 0.6) is 5.75 Å². The summed E-state index contributed by atoms with van der Waals surface area (Å²) in [4.78, 5) is 4.42. The Bertz CT molecular complexity index is 1060. The van der Waals surface area contributed by atoms with Gasteiger partial charge in [-0.15, -0.1) is 10.2 Å². The Kier molecular flexibility index (Phi) is 5.16. The normalized spacial score (nSPS) is 11.0. The minimum atomic E-state index is 0.360. The fraction of sp³-hybridized carbons (Fsp3) is 0.190. The molecule has 28 heavy (non-hydrogen) atoms. The standard InChI is InChI=1S/C21H21N5O2/c1-27-11-10-15-4-8-18(9-5-15)28-13-16-2-6-17(7-3-16)19-12-20-25-23-14-26(20)21(22)24-19/h2-9,12,14H,10-11,13H2,1H3,(H2,22,24). The number of hydrogen-bond acceptors (Lipinski definition) is 6. The molecule has 0 amide bonds. The molecular formula is C21H21N5O2. The first-order valence-electron chi connectivity index (χ1n) is 8.99. The van der Waals surface area contributed by atoms with E-state index >= 15 is 0 Å². The van der Waals surface area contributed by atoms with Crippen LogP contribution in [0.2, 0.25) is 0 Å². The van der Waals surface area contributed by atoms with Crippen LogP contribution >= 0.6 is 0 Å². The molecular weight excluding hydrogens is 354 g/mol. The number of nitrogens with zero attached hydrogens (tertiary/aromatic N) is 4. The molecule has 4 aromatic rings. The lowest BCUT2D eigenvalue weighted by atomic mass is 10.1. The lowest BCUT2D eigenvalue weighted by Crippen LogP contribution is -2.01. The summed E-state index contributed by atoms with van der Waals surface area (Å²) in [5.41, 5.74) is 10.7. The molecule has 0 bridgehead atoms. The van der Waals surface area contributed by atoms with Gasteiger partial charge in [-0.25, -0.2) is 4.98 Å². The minimum Gasteiger partial charge on any atom is -0.489 e. The molecule has 7 heteroatoms. The second-order valence-electron chi connectivity index (χ2n) is 6.43. The van der Waals surface area contributed by atoms with Gasteiger partial charge in [-0.1, -0.05) is 36.4 Å². The number of methoxy groups -OCH3 is 1. The van der Waals surface area contributed by atoms with E-state index in [1.807, 2.05) is 42.5 Å². The van der Waals surface area contributed by atoms with Crippen LogP contribution in [0, 0.1) is 0 Å². The van der Waals surface area contributed by atoms with Crippen LogP contribution in [0.3, 0.4) is 0 Å². The maximum Gasteiger partial charge on any atom is 0.207 e. The second-order valence-corrected chi connectivity index (χ2v) is 6.43. The number of rotatable bonds is 7. The van der Waals surface area contributed by atoms with Crippen molar-refractivity contribution in [2.24, 2.45) is 0 Å². The van der Waals surface area contributed by atoms with Crippen LogP contribution in [-0.4, -0.2) is 33.3 Å². The third-order valence-electron chi connectivity index (χ3n) is 4.50. The third-order valence-corrected chi connectivity index (χ3v) is 4.50. The number of fused-ring (bicyclic) bond motifs is 1. The Labute approximate surface area is 162 Å². The van der Waals surface area contributed by atoms with E-state index in [1.54, 1.807) is 17.8 Å². The van der Waals surface area contributed by atoms with E-state index in [-0.39, 0.29) is 0 Å². The summed E-state index contributed by atoms with van der Waals surface area (Å²) >= 11 is 0. The molecule has 2 heterocycles. The van der Waals surface area contributed by atoms with E-state index < -0.39 is 0 Å². The molecule has 0 unspecified atom stereocenters. The van der Waals surface area contributed by atoms with Gasteiger partial charge in [0.05, 0.1) is 12.3 Å². The van der Waals surface area contributed by atoms with Crippen molar-refractivity contribution in [1.29, 1.82) is 0 Å². The van der Waals surface area contributed by atoms with Gasteiger partial charge in [0.1, 0.15) is 18.7 Å². The van der Waals surface area contributed by atoms with Crippen LogP contribution in [0.25, 0.3) is 16.9 Å². The van der Waals surface area contributed by atoms with Gasteiger partial charge in [0.2, 0.25) is 5.95 Å². The molecule has 0 aliphatic heterocycles. The van der Waals surface area contributed by atoms with Gasteiger partial charge in [-0.05, 0) is 29.7 Å². The lowest BCUT2D eigenvalue weighted by molar-refractivity contribution is 0.202. The van der Waals surface area contributed by atoms with E-state index in [1.165, 1.54) is 5.56 Å². The van der Waals surface area contributed by atoms with Crippen LogP contribution < -0.4 is 10.5 Å². The predicted molar refractivity (Wildman–Crippen MR) is 107 cm³/mol. The minimum absolute atomic E-state index is 0.360. The molecule has 0 spiro atoms.